The summed E-state index contributed by atoms with van der Waals surface area (Å²) in [5, 5.41) is 14.4. The van der Waals surface area contributed by atoms with E-state index in [1.54, 1.807) is 29.6 Å². The van der Waals surface area contributed by atoms with E-state index in [9.17, 15) is 4.79 Å². The molecule has 0 unspecified atom stereocenters. The van der Waals surface area contributed by atoms with E-state index < -0.39 is 0 Å². The van der Waals surface area contributed by atoms with Gasteiger partial charge >= 0.3 is 0 Å². The van der Waals surface area contributed by atoms with Gasteiger partial charge in [0.05, 0.1) is 12.8 Å². The molecule has 1 amide bonds. The molecule has 3 aromatic heterocycles. The van der Waals surface area contributed by atoms with E-state index in [2.05, 4.69) is 25.8 Å². The van der Waals surface area contributed by atoms with Gasteiger partial charge in [0, 0.05) is 37.8 Å². The van der Waals surface area contributed by atoms with Crippen LogP contribution >= 0.6 is 0 Å². The van der Waals surface area contributed by atoms with Gasteiger partial charge in [-0.3, -0.25) is 9.48 Å². The molecule has 0 radical (unpaired) electrons. The van der Waals surface area contributed by atoms with Crippen molar-refractivity contribution in [1.29, 1.82) is 0 Å². The molecule has 0 aliphatic rings. The Bertz CT molecular complexity index is 1150. The predicted octanol–water partition coefficient (Wildman–Crippen LogP) is 2.46. The molecule has 0 spiro atoms. The molecular weight excluding hydrogens is 382 g/mol. The lowest BCUT2D eigenvalue weighted by atomic mass is 10.1. The zero-order valence-corrected chi connectivity index (χ0v) is 16.9. The Kier molecular flexibility index (Phi) is 5.71. The minimum Gasteiger partial charge on any atom is -0.384 e. The molecule has 2 N–H and O–H groups in total. The highest BCUT2D eigenvalue weighted by Gasteiger charge is 2.09. The summed E-state index contributed by atoms with van der Waals surface area (Å²) in [6.45, 7) is 0.802. The minimum absolute atomic E-state index is 0.127. The molecule has 3 heterocycles. The maximum absolute atomic E-state index is 12.4. The van der Waals surface area contributed by atoms with Crippen LogP contribution in [0.2, 0.25) is 0 Å². The van der Waals surface area contributed by atoms with Gasteiger partial charge in [-0.2, -0.15) is 10.1 Å². The van der Waals surface area contributed by atoms with E-state index in [1.807, 2.05) is 48.8 Å². The third kappa shape index (κ3) is 4.47. The highest BCUT2D eigenvalue weighted by Crippen LogP contribution is 2.20. The number of anilines is 2. The van der Waals surface area contributed by atoms with Crippen molar-refractivity contribution in [2.75, 3.05) is 31.4 Å². The third-order valence-electron chi connectivity index (χ3n) is 4.67. The fourth-order valence-electron chi connectivity index (χ4n) is 3.09. The number of aromatic nitrogens is 5. The lowest BCUT2D eigenvalue weighted by Crippen LogP contribution is -2.18. The van der Waals surface area contributed by atoms with Crippen LogP contribution in [0.3, 0.4) is 0 Å². The summed E-state index contributed by atoms with van der Waals surface area (Å²) in [6, 6.07) is 11.6. The number of carbonyl (C=O) groups excluding carboxylic acids is 1. The van der Waals surface area contributed by atoms with Gasteiger partial charge in [-0.15, -0.1) is 5.10 Å². The summed E-state index contributed by atoms with van der Waals surface area (Å²) in [7, 11) is 3.46. The first-order valence-corrected chi connectivity index (χ1v) is 9.59. The molecule has 0 aliphatic carbocycles. The van der Waals surface area contributed by atoms with E-state index in [0.29, 0.717) is 12.6 Å². The van der Waals surface area contributed by atoms with Gasteiger partial charge in [0.1, 0.15) is 6.54 Å². The molecule has 4 rings (SSSR count). The van der Waals surface area contributed by atoms with Crippen molar-refractivity contribution in [3.8, 4) is 11.1 Å². The molecule has 0 atom stereocenters. The quantitative estimate of drug-likeness (QED) is 0.467. The van der Waals surface area contributed by atoms with Crippen molar-refractivity contribution in [2.24, 2.45) is 0 Å². The lowest BCUT2D eigenvalue weighted by molar-refractivity contribution is -0.116. The predicted molar refractivity (Wildman–Crippen MR) is 114 cm³/mol. The molecule has 30 heavy (non-hydrogen) atoms. The van der Waals surface area contributed by atoms with Crippen molar-refractivity contribution in [3.63, 3.8) is 0 Å². The van der Waals surface area contributed by atoms with Crippen LogP contribution in [0.5, 0.6) is 0 Å². The Morgan fingerprint density at radius 2 is 2.00 bits per heavy atom. The summed E-state index contributed by atoms with van der Waals surface area (Å²) in [6.07, 6.45) is 6.27. The van der Waals surface area contributed by atoms with Crippen molar-refractivity contribution in [2.45, 2.75) is 13.0 Å². The molecule has 0 aliphatic heterocycles. The van der Waals surface area contributed by atoms with Gasteiger partial charge < -0.3 is 15.4 Å². The minimum atomic E-state index is -0.138. The number of ether oxygens (including phenoxy) is 1. The average molecular weight is 405 g/mol. The summed E-state index contributed by atoms with van der Waals surface area (Å²) in [5.41, 5.74) is 4.51. The van der Waals surface area contributed by atoms with Crippen LogP contribution in [0, 0.1) is 0 Å². The van der Waals surface area contributed by atoms with Crippen molar-refractivity contribution in [3.05, 3.63) is 60.6 Å². The van der Waals surface area contributed by atoms with Crippen LogP contribution in [-0.2, 0) is 22.5 Å². The number of fused-ring (bicyclic) bond motifs is 1. The van der Waals surface area contributed by atoms with E-state index in [-0.39, 0.29) is 12.5 Å². The normalized spacial score (nSPS) is 11.0. The van der Waals surface area contributed by atoms with E-state index in [0.717, 1.165) is 34.4 Å². The molecule has 0 saturated heterocycles. The van der Waals surface area contributed by atoms with E-state index >= 15 is 0 Å². The number of nitrogens with zero attached hydrogens (tertiary/aromatic N) is 5. The fourth-order valence-corrected chi connectivity index (χ4v) is 3.09. The van der Waals surface area contributed by atoms with Gasteiger partial charge in [0.15, 0.2) is 5.65 Å². The summed E-state index contributed by atoms with van der Waals surface area (Å²) in [5.74, 6) is 0.423. The third-order valence-corrected chi connectivity index (χ3v) is 4.67. The second kappa shape index (κ2) is 8.75. The Morgan fingerprint density at radius 1 is 1.17 bits per heavy atom. The number of rotatable bonds is 8. The average Bonchev–Trinajstić information content (AvgIpc) is 3.39. The topological polar surface area (TPSA) is 98.4 Å². The Hall–Kier alpha value is -3.72. The fraction of sp³-hybridized carbons (Fsp3) is 0.238. The molecular formula is C21H23N7O2. The molecule has 0 bridgehead atoms. The highest BCUT2D eigenvalue weighted by atomic mass is 16.5. The first-order chi connectivity index (χ1) is 14.6. The lowest BCUT2D eigenvalue weighted by Gasteiger charge is -2.07. The van der Waals surface area contributed by atoms with Gasteiger partial charge in [-0.1, -0.05) is 12.1 Å². The van der Waals surface area contributed by atoms with Crippen LogP contribution in [0.15, 0.2) is 55.0 Å². The monoisotopic (exact) mass is 405 g/mol. The zero-order valence-electron chi connectivity index (χ0n) is 16.9. The Morgan fingerprint density at radius 3 is 2.77 bits per heavy atom. The number of benzene rings is 1. The van der Waals surface area contributed by atoms with Crippen LogP contribution in [0.4, 0.5) is 11.6 Å². The Labute approximate surface area is 173 Å². The number of carbonyl (C=O) groups is 1. The summed E-state index contributed by atoms with van der Waals surface area (Å²) in [4.78, 5) is 16.8. The number of amides is 1. The molecule has 0 fully saturated rings. The van der Waals surface area contributed by atoms with Crippen LogP contribution in [0.25, 0.3) is 16.8 Å². The molecule has 0 saturated carbocycles. The van der Waals surface area contributed by atoms with Gasteiger partial charge in [0.2, 0.25) is 11.9 Å². The number of pyridine rings is 1. The van der Waals surface area contributed by atoms with Crippen molar-refractivity contribution >= 4 is 23.2 Å². The molecule has 1 aromatic carbocycles. The highest BCUT2D eigenvalue weighted by molar-refractivity contribution is 5.90. The van der Waals surface area contributed by atoms with Gasteiger partial charge in [-0.25, -0.2) is 4.52 Å². The first-order valence-electron chi connectivity index (χ1n) is 9.59. The van der Waals surface area contributed by atoms with Gasteiger partial charge in [0.25, 0.3) is 0 Å². The first kappa shape index (κ1) is 19.6. The van der Waals surface area contributed by atoms with Crippen LogP contribution < -0.4 is 10.6 Å². The van der Waals surface area contributed by atoms with E-state index in [4.69, 9.17) is 4.74 Å². The maximum Gasteiger partial charge on any atom is 0.246 e. The van der Waals surface area contributed by atoms with Crippen molar-refractivity contribution < 1.29 is 9.53 Å². The summed E-state index contributed by atoms with van der Waals surface area (Å²) >= 11 is 0. The molecule has 154 valence electrons. The molecule has 9 heteroatoms. The zero-order chi connectivity index (χ0) is 20.9. The summed E-state index contributed by atoms with van der Waals surface area (Å²) < 4.78 is 8.40. The molecule has 4 aromatic rings. The number of hydrogen-bond donors (Lipinski definition) is 2. The standard InChI is InChI=1S/C21H23N7O2/c1-22-21-25-19-11-16(7-9-28(19)26-21)17-12-23-27(13-17)14-20(29)24-18-5-3-15(4-6-18)8-10-30-2/h3-7,9,11-13H,8,10,14H2,1-2H3,(H,22,26)(H,24,29). The van der Waals surface area contributed by atoms with Gasteiger partial charge in [-0.05, 0) is 41.8 Å². The smallest absolute Gasteiger partial charge is 0.246 e. The number of hydrogen-bond acceptors (Lipinski definition) is 6. The van der Waals surface area contributed by atoms with Crippen molar-refractivity contribution in [1.82, 2.24) is 24.4 Å². The SMILES string of the molecule is CNc1nc2cc(-c3cnn(CC(=O)Nc4ccc(CCOC)cc4)c3)ccn2n1. The van der Waals surface area contributed by atoms with E-state index in [1.165, 1.54) is 0 Å². The maximum atomic E-state index is 12.4. The molecule has 9 nitrogen and oxygen atoms in total. The van der Waals surface area contributed by atoms with Crippen LogP contribution in [0.1, 0.15) is 5.56 Å². The number of methoxy groups -OCH3 is 1. The largest absolute Gasteiger partial charge is 0.384 e. The second-order valence-electron chi connectivity index (χ2n) is 6.82. The van der Waals surface area contributed by atoms with Crippen LogP contribution in [-0.4, -0.2) is 51.1 Å². The Balaban J connectivity index is 1.39. The second-order valence-corrected chi connectivity index (χ2v) is 6.82. The number of nitrogens with one attached hydrogen (secondary N) is 2.